The number of hydrogen-bond acceptors (Lipinski definition) is 5. The Morgan fingerprint density at radius 1 is 1.29 bits per heavy atom. The van der Waals surface area contributed by atoms with Crippen LogP contribution in [0.5, 0.6) is 0 Å². The highest BCUT2D eigenvalue weighted by atomic mass is 16.5. The standard InChI is InChI=1S/C12H25NO4/c1-12(15)3-5-13(6-4-12)9-11(14)10-17-8-7-16-2/h11,14-15H,3-10H2,1-2H3. The number of hydrogen-bond donors (Lipinski definition) is 2. The van der Waals surface area contributed by atoms with Crippen molar-refractivity contribution in [3.8, 4) is 0 Å². The zero-order valence-electron chi connectivity index (χ0n) is 10.9. The highest BCUT2D eigenvalue weighted by Crippen LogP contribution is 2.20. The van der Waals surface area contributed by atoms with Crippen molar-refractivity contribution in [2.75, 3.05) is 46.6 Å². The lowest BCUT2D eigenvalue weighted by molar-refractivity contribution is -0.0329. The molecule has 2 N–H and O–H groups in total. The maximum absolute atomic E-state index is 9.80. The summed E-state index contributed by atoms with van der Waals surface area (Å²) >= 11 is 0. The average Bonchev–Trinajstić information content (AvgIpc) is 2.28. The Bertz CT molecular complexity index is 201. The number of aliphatic hydroxyl groups is 2. The second-order valence-electron chi connectivity index (χ2n) is 5.02. The number of methoxy groups -OCH3 is 1. The van der Waals surface area contributed by atoms with Crippen LogP contribution < -0.4 is 0 Å². The number of β-amino-alcohol motifs (C(OH)–C–C–N with tert-alkyl or cyclic N) is 1. The summed E-state index contributed by atoms with van der Waals surface area (Å²) in [5.74, 6) is 0. The third-order valence-corrected chi connectivity index (χ3v) is 3.14. The summed E-state index contributed by atoms with van der Waals surface area (Å²) in [4.78, 5) is 2.17. The predicted octanol–water partition coefficient (Wildman–Crippen LogP) is -0.143. The van der Waals surface area contributed by atoms with E-state index in [-0.39, 0.29) is 0 Å². The molecule has 1 rings (SSSR count). The summed E-state index contributed by atoms with van der Waals surface area (Å²) in [6.07, 6.45) is 1.07. The van der Waals surface area contributed by atoms with Crippen LogP contribution in [0.2, 0.25) is 0 Å². The zero-order valence-corrected chi connectivity index (χ0v) is 10.9. The van der Waals surface area contributed by atoms with Crippen molar-refractivity contribution >= 4 is 0 Å². The molecular weight excluding hydrogens is 222 g/mol. The van der Waals surface area contributed by atoms with Crippen molar-refractivity contribution in [3.05, 3.63) is 0 Å². The van der Waals surface area contributed by atoms with Crippen LogP contribution in [-0.4, -0.2) is 73.4 Å². The molecule has 0 aromatic rings. The number of piperidine rings is 1. The van der Waals surface area contributed by atoms with Gasteiger partial charge in [-0.05, 0) is 19.8 Å². The van der Waals surface area contributed by atoms with E-state index in [9.17, 15) is 10.2 Å². The molecule has 1 fully saturated rings. The van der Waals surface area contributed by atoms with Gasteiger partial charge in [-0.3, -0.25) is 0 Å². The van der Waals surface area contributed by atoms with Gasteiger partial charge in [0.1, 0.15) is 0 Å². The van der Waals surface area contributed by atoms with E-state index in [1.54, 1.807) is 7.11 Å². The van der Waals surface area contributed by atoms with Crippen molar-refractivity contribution in [1.82, 2.24) is 4.90 Å². The maximum atomic E-state index is 9.80. The lowest BCUT2D eigenvalue weighted by atomic mass is 9.94. The van der Waals surface area contributed by atoms with Crippen LogP contribution in [0.4, 0.5) is 0 Å². The molecule has 1 heterocycles. The fourth-order valence-electron chi connectivity index (χ4n) is 1.93. The molecule has 0 radical (unpaired) electrons. The molecule has 17 heavy (non-hydrogen) atoms. The monoisotopic (exact) mass is 247 g/mol. The summed E-state index contributed by atoms with van der Waals surface area (Å²) < 4.78 is 10.1. The van der Waals surface area contributed by atoms with Gasteiger partial charge in [-0.2, -0.15) is 0 Å². The number of aliphatic hydroxyl groups excluding tert-OH is 1. The fraction of sp³-hybridized carbons (Fsp3) is 1.00. The molecule has 5 heteroatoms. The number of ether oxygens (including phenoxy) is 2. The van der Waals surface area contributed by atoms with E-state index in [1.807, 2.05) is 6.92 Å². The maximum Gasteiger partial charge on any atom is 0.0900 e. The van der Waals surface area contributed by atoms with Gasteiger partial charge in [-0.15, -0.1) is 0 Å². The first-order valence-corrected chi connectivity index (χ1v) is 6.23. The molecule has 1 atom stereocenters. The summed E-state index contributed by atoms with van der Waals surface area (Å²) in [6.45, 7) is 5.57. The van der Waals surface area contributed by atoms with Gasteiger partial charge in [0.05, 0.1) is 31.5 Å². The molecule has 0 saturated carbocycles. The van der Waals surface area contributed by atoms with Crippen molar-refractivity contribution < 1.29 is 19.7 Å². The van der Waals surface area contributed by atoms with Crippen LogP contribution in [0.3, 0.4) is 0 Å². The summed E-state index contributed by atoms with van der Waals surface area (Å²) in [5.41, 5.74) is -0.531. The predicted molar refractivity (Wildman–Crippen MR) is 65.0 cm³/mol. The van der Waals surface area contributed by atoms with Gasteiger partial charge in [-0.1, -0.05) is 0 Å². The van der Waals surface area contributed by atoms with Crippen LogP contribution in [0.1, 0.15) is 19.8 Å². The van der Waals surface area contributed by atoms with Crippen LogP contribution in [-0.2, 0) is 9.47 Å². The highest BCUT2D eigenvalue weighted by molar-refractivity contribution is 4.82. The minimum Gasteiger partial charge on any atom is -0.390 e. The SMILES string of the molecule is COCCOCC(O)CN1CCC(C)(O)CC1. The highest BCUT2D eigenvalue weighted by Gasteiger charge is 2.27. The molecule has 0 aromatic heterocycles. The molecule has 0 aliphatic carbocycles. The van der Waals surface area contributed by atoms with Crippen LogP contribution in [0.15, 0.2) is 0 Å². The topological polar surface area (TPSA) is 62.2 Å². The van der Waals surface area contributed by atoms with E-state index in [4.69, 9.17) is 9.47 Å². The van der Waals surface area contributed by atoms with Gasteiger partial charge in [0.15, 0.2) is 0 Å². The molecular formula is C12H25NO4. The lowest BCUT2D eigenvalue weighted by Gasteiger charge is -2.36. The van der Waals surface area contributed by atoms with Crippen LogP contribution in [0, 0.1) is 0 Å². The van der Waals surface area contributed by atoms with E-state index in [0.29, 0.717) is 26.4 Å². The van der Waals surface area contributed by atoms with Gasteiger partial charge >= 0.3 is 0 Å². The molecule has 1 saturated heterocycles. The molecule has 1 aliphatic rings. The molecule has 0 aromatic carbocycles. The second kappa shape index (κ2) is 7.28. The Morgan fingerprint density at radius 3 is 2.53 bits per heavy atom. The summed E-state index contributed by atoms with van der Waals surface area (Å²) in [5, 5.41) is 19.6. The van der Waals surface area contributed by atoms with E-state index < -0.39 is 11.7 Å². The third-order valence-electron chi connectivity index (χ3n) is 3.14. The van der Waals surface area contributed by atoms with Gasteiger partial charge in [0, 0.05) is 26.7 Å². The van der Waals surface area contributed by atoms with Gasteiger partial charge < -0.3 is 24.6 Å². The summed E-state index contributed by atoms with van der Waals surface area (Å²) in [6, 6.07) is 0. The van der Waals surface area contributed by atoms with Crippen molar-refractivity contribution in [2.24, 2.45) is 0 Å². The Kier molecular flexibility index (Phi) is 6.37. The first-order valence-electron chi connectivity index (χ1n) is 6.23. The molecule has 0 bridgehead atoms. The molecule has 102 valence electrons. The normalized spacial score (nSPS) is 22.6. The van der Waals surface area contributed by atoms with Gasteiger partial charge in [0.25, 0.3) is 0 Å². The Morgan fingerprint density at radius 2 is 1.94 bits per heavy atom. The molecule has 5 nitrogen and oxygen atoms in total. The smallest absolute Gasteiger partial charge is 0.0900 e. The van der Waals surface area contributed by atoms with E-state index in [2.05, 4.69) is 4.90 Å². The Balaban J connectivity index is 2.08. The van der Waals surface area contributed by atoms with Crippen molar-refractivity contribution in [1.29, 1.82) is 0 Å². The quantitative estimate of drug-likeness (QED) is 0.613. The van der Waals surface area contributed by atoms with E-state index in [1.165, 1.54) is 0 Å². The fourth-order valence-corrected chi connectivity index (χ4v) is 1.93. The third kappa shape index (κ3) is 6.33. The van der Waals surface area contributed by atoms with Crippen molar-refractivity contribution in [3.63, 3.8) is 0 Å². The summed E-state index contributed by atoms with van der Waals surface area (Å²) in [7, 11) is 1.62. The van der Waals surface area contributed by atoms with Gasteiger partial charge in [0.2, 0.25) is 0 Å². The first-order chi connectivity index (χ1) is 8.03. The molecule has 0 spiro atoms. The van der Waals surface area contributed by atoms with E-state index in [0.717, 1.165) is 25.9 Å². The molecule has 1 aliphatic heterocycles. The zero-order chi connectivity index (χ0) is 12.7. The second-order valence-corrected chi connectivity index (χ2v) is 5.02. The number of likely N-dealkylation sites (tertiary alicyclic amines) is 1. The van der Waals surface area contributed by atoms with E-state index >= 15 is 0 Å². The van der Waals surface area contributed by atoms with Crippen molar-refractivity contribution in [2.45, 2.75) is 31.5 Å². The minimum absolute atomic E-state index is 0.344. The largest absolute Gasteiger partial charge is 0.390 e. The Labute approximate surface area is 103 Å². The average molecular weight is 247 g/mol. The lowest BCUT2D eigenvalue weighted by Crippen LogP contribution is -2.45. The first kappa shape index (κ1) is 14.9. The van der Waals surface area contributed by atoms with Crippen LogP contribution in [0.25, 0.3) is 0 Å². The number of rotatable bonds is 7. The minimum atomic E-state index is -0.531. The van der Waals surface area contributed by atoms with Gasteiger partial charge in [-0.25, -0.2) is 0 Å². The molecule has 1 unspecified atom stereocenters. The molecule has 0 amide bonds. The Hall–Kier alpha value is -0.200. The van der Waals surface area contributed by atoms with Crippen LogP contribution >= 0.6 is 0 Å². The number of nitrogens with zero attached hydrogens (tertiary/aromatic N) is 1.